The summed E-state index contributed by atoms with van der Waals surface area (Å²) in [6.07, 6.45) is 3.21. The fraction of sp³-hybridized carbons (Fsp3) is 0.562. The molecule has 1 aromatic carbocycles. The molecule has 0 heterocycles. The Kier molecular flexibility index (Phi) is 5.87. The van der Waals surface area contributed by atoms with Gasteiger partial charge in [0.05, 0.1) is 0 Å². The first kappa shape index (κ1) is 15.6. The van der Waals surface area contributed by atoms with E-state index in [1.54, 1.807) is 25.3 Å². The van der Waals surface area contributed by atoms with E-state index < -0.39 is 0 Å². The number of nitrogens with one attached hydrogen (secondary N) is 1. The minimum absolute atomic E-state index is 0.0404. The normalized spacial score (nSPS) is 14.0. The first-order valence-electron chi connectivity index (χ1n) is 7.48. The Bertz CT molecular complexity index is 461. The predicted molar refractivity (Wildman–Crippen MR) is 81.1 cm³/mol. The number of benzene rings is 1. The number of urea groups is 1. The molecule has 0 unspecified atom stereocenters. The van der Waals surface area contributed by atoms with Crippen molar-refractivity contribution in [3.8, 4) is 5.75 Å². The molecule has 1 aliphatic carbocycles. The summed E-state index contributed by atoms with van der Waals surface area (Å²) in [6.45, 7) is 2.58. The molecule has 0 aromatic heterocycles. The number of methoxy groups -OCH3 is 1. The van der Waals surface area contributed by atoms with Crippen LogP contribution in [0.25, 0.3) is 0 Å². The second-order valence-electron chi connectivity index (χ2n) is 5.57. The first-order valence-corrected chi connectivity index (χ1v) is 7.48. The highest BCUT2D eigenvalue weighted by Crippen LogP contribution is 2.30. The van der Waals surface area contributed by atoms with Crippen LogP contribution in [0.1, 0.15) is 24.8 Å². The molecule has 1 fully saturated rings. The zero-order valence-electron chi connectivity index (χ0n) is 12.5. The number of carbonyl (C=O) groups is 1. The maximum absolute atomic E-state index is 12.3. The number of nitrogens with zero attached hydrogens (tertiary/aromatic N) is 1. The molecule has 0 radical (unpaired) electrons. The van der Waals surface area contributed by atoms with Gasteiger partial charge < -0.3 is 20.1 Å². The van der Waals surface area contributed by atoms with Crippen LogP contribution < -0.4 is 5.32 Å². The summed E-state index contributed by atoms with van der Waals surface area (Å²) in [5, 5.41) is 12.5. The maximum atomic E-state index is 12.3. The Morgan fingerprint density at radius 3 is 2.95 bits per heavy atom. The topological polar surface area (TPSA) is 61.8 Å². The summed E-state index contributed by atoms with van der Waals surface area (Å²) in [5.74, 6) is 0.867. The molecular formula is C16H24N2O3. The minimum atomic E-state index is -0.0404. The Hall–Kier alpha value is -1.75. The summed E-state index contributed by atoms with van der Waals surface area (Å²) in [5.41, 5.74) is 0.947. The molecule has 2 rings (SSSR count). The fourth-order valence-corrected chi connectivity index (χ4v) is 2.23. The van der Waals surface area contributed by atoms with E-state index in [9.17, 15) is 9.90 Å². The Labute approximate surface area is 125 Å². The zero-order chi connectivity index (χ0) is 15.1. The van der Waals surface area contributed by atoms with Crippen molar-refractivity contribution in [1.82, 2.24) is 10.2 Å². The van der Waals surface area contributed by atoms with Crippen LogP contribution in [0.15, 0.2) is 24.3 Å². The third kappa shape index (κ3) is 5.63. The van der Waals surface area contributed by atoms with E-state index in [0.717, 1.165) is 18.5 Å². The van der Waals surface area contributed by atoms with Crippen molar-refractivity contribution >= 4 is 6.03 Å². The molecule has 0 spiro atoms. The van der Waals surface area contributed by atoms with Crippen molar-refractivity contribution in [3.63, 3.8) is 0 Å². The van der Waals surface area contributed by atoms with Crippen molar-refractivity contribution in [2.45, 2.75) is 25.8 Å². The van der Waals surface area contributed by atoms with Crippen LogP contribution in [0.2, 0.25) is 0 Å². The van der Waals surface area contributed by atoms with E-state index in [0.29, 0.717) is 25.6 Å². The van der Waals surface area contributed by atoms with Gasteiger partial charge in [0.25, 0.3) is 0 Å². The second-order valence-corrected chi connectivity index (χ2v) is 5.57. The predicted octanol–water partition coefficient (Wildman–Crippen LogP) is 2.35. The lowest BCUT2D eigenvalue weighted by molar-refractivity contribution is 0.182. The van der Waals surface area contributed by atoms with Crippen LogP contribution in [0, 0.1) is 5.92 Å². The van der Waals surface area contributed by atoms with E-state index in [1.165, 1.54) is 12.8 Å². The van der Waals surface area contributed by atoms with E-state index >= 15 is 0 Å². The van der Waals surface area contributed by atoms with Crippen LogP contribution in [0.4, 0.5) is 4.79 Å². The number of phenolic OH excluding ortho intramolecular Hbond substituents is 1. The van der Waals surface area contributed by atoms with Crippen molar-refractivity contribution in [2.75, 3.05) is 26.8 Å². The maximum Gasteiger partial charge on any atom is 0.317 e. The van der Waals surface area contributed by atoms with Crippen LogP contribution in [-0.2, 0) is 11.3 Å². The van der Waals surface area contributed by atoms with Crippen molar-refractivity contribution in [2.24, 2.45) is 5.92 Å². The number of hydrogen-bond acceptors (Lipinski definition) is 3. The number of carbonyl (C=O) groups excluding carboxylic acids is 1. The molecule has 0 aliphatic heterocycles. The van der Waals surface area contributed by atoms with Gasteiger partial charge in [0.1, 0.15) is 5.75 Å². The summed E-state index contributed by atoms with van der Waals surface area (Å²) in [7, 11) is 1.66. The molecule has 0 saturated heterocycles. The van der Waals surface area contributed by atoms with Gasteiger partial charge in [-0.05, 0) is 42.9 Å². The van der Waals surface area contributed by atoms with Gasteiger partial charge in [0.15, 0.2) is 0 Å². The molecule has 21 heavy (non-hydrogen) atoms. The number of phenols is 1. The number of rotatable bonds is 8. The smallest absolute Gasteiger partial charge is 0.317 e. The monoisotopic (exact) mass is 292 g/mol. The largest absolute Gasteiger partial charge is 0.508 e. The lowest BCUT2D eigenvalue weighted by Gasteiger charge is -2.23. The van der Waals surface area contributed by atoms with Crippen LogP contribution in [0.5, 0.6) is 5.75 Å². The average molecular weight is 292 g/mol. The Balaban J connectivity index is 1.88. The van der Waals surface area contributed by atoms with Crippen LogP contribution in [0.3, 0.4) is 0 Å². The van der Waals surface area contributed by atoms with Gasteiger partial charge in [-0.3, -0.25) is 0 Å². The molecule has 0 atom stereocenters. The third-order valence-electron chi connectivity index (χ3n) is 3.55. The standard InChI is InChI=1S/C16H24N2O3/c1-21-9-3-8-17-16(20)18(11-13-6-7-13)12-14-4-2-5-15(19)10-14/h2,4-5,10,13,19H,3,6-9,11-12H2,1H3,(H,17,20). The molecule has 1 aromatic rings. The number of ether oxygens (including phenoxy) is 1. The van der Waals surface area contributed by atoms with Gasteiger partial charge in [-0.25, -0.2) is 4.79 Å². The third-order valence-corrected chi connectivity index (χ3v) is 3.55. The quantitative estimate of drug-likeness (QED) is 0.723. The molecule has 5 nitrogen and oxygen atoms in total. The minimum Gasteiger partial charge on any atom is -0.508 e. The average Bonchev–Trinajstić information content (AvgIpc) is 3.27. The van der Waals surface area contributed by atoms with Gasteiger partial charge in [-0.2, -0.15) is 0 Å². The first-order chi connectivity index (χ1) is 10.2. The molecule has 5 heteroatoms. The Morgan fingerprint density at radius 2 is 2.29 bits per heavy atom. The fourth-order valence-electron chi connectivity index (χ4n) is 2.23. The number of aromatic hydroxyl groups is 1. The lowest BCUT2D eigenvalue weighted by atomic mass is 10.2. The highest BCUT2D eigenvalue weighted by Gasteiger charge is 2.26. The van der Waals surface area contributed by atoms with E-state index in [4.69, 9.17) is 4.74 Å². The highest BCUT2D eigenvalue weighted by atomic mass is 16.5. The highest BCUT2D eigenvalue weighted by molar-refractivity contribution is 5.74. The molecule has 1 aliphatic rings. The number of amides is 2. The van der Waals surface area contributed by atoms with Crippen molar-refractivity contribution in [3.05, 3.63) is 29.8 Å². The summed E-state index contributed by atoms with van der Waals surface area (Å²) in [4.78, 5) is 14.1. The van der Waals surface area contributed by atoms with E-state index in [-0.39, 0.29) is 11.8 Å². The van der Waals surface area contributed by atoms with E-state index in [2.05, 4.69) is 5.32 Å². The molecule has 1 saturated carbocycles. The SMILES string of the molecule is COCCCNC(=O)N(Cc1cccc(O)c1)CC1CC1. The molecule has 2 N–H and O–H groups in total. The number of hydrogen-bond donors (Lipinski definition) is 2. The molecule has 2 amide bonds. The molecule has 116 valence electrons. The second kappa shape index (κ2) is 7.88. The van der Waals surface area contributed by atoms with Gasteiger partial charge in [0.2, 0.25) is 0 Å². The summed E-state index contributed by atoms with van der Waals surface area (Å²) >= 11 is 0. The zero-order valence-corrected chi connectivity index (χ0v) is 12.5. The van der Waals surface area contributed by atoms with Gasteiger partial charge in [-0.15, -0.1) is 0 Å². The molecule has 0 bridgehead atoms. The summed E-state index contributed by atoms with van der Waals surface area (Å²) in [6, 6.07) is 7.03. The van der Waals surface area contributed by atoms with Crippen LogP contribution >= 0.6 is 0 Å². The van der Waals surface area contributed by atoms with E-state index in [1.807, 2.05) is 11.0 Å². The lowest BCUT2D eigenvalue weighted by Crippen LogP contribution is -2.41. The van der Waals surface area contributed by atoms with Crippen molar-refractivity contribution < 1.29 is 14.6 Å². The van der Waals surface area contributed by atoms with Gasteiger partial charge >= 0.3 is 6.03 Å². The van der Waals surface area contributed by atoms with Gasteiger partial charge in [0, 0.05) is 33.4 Å². The van der Waals surface area contributed by atoms with Gasteiger partial charge in [-0.1, -0.05) is 12.1 Å². The summed E-state index contributed by atoms with van der Waals surface area (Å²) < 4.78 is 4.97. The Morgan fingerprint density at radius 1 is 1.48 bits per heavy atom. The molecular weight excluding hydrogens is 268 g/mol. The van der Waals surface area contributed by atoms with Crippen LogP contribution in [-0.4, -0.2) is 42.8 Å². The van der Waals surface area contributed by atoms with Crippen molar-refractivity contribution in [1.29, 1.82) is 0 Å².